The minimum atomic E-state index is 0. The molecule has 0 saturated carbocycles. The van der Waals surface area contributed by atoms with Gasteiger partial charge in [-0.15, -0.1) is 0 Å². The van der Waals surface area contributed by atoms with E-state index in [1.807, 2.05) is 6.92 Å². The first-order valence-corrected chi connectivity index (χ1v) is 2.48. The summed E-state index contributed by atoms with van der Waals surface area (Å²) in [5.41, 5.74) is 0. The van der Waals surface area contributed by atoms with E-state index in [0.717, 1.165) is 0 Å². The second kappa shape index (κ2) is 7.88. The van der Waals surface area contributed by atoms with E-state index in [-0.39, 0.29) is 52.8 Å². The summed E-state index contributed by atoms with van der Waals surface area (Å²) in [6.45, 7) is 2.48. The van der Waals surface area contributed by atoms with Gasteiger partial charge in [0.25, 0.3) is 0 Å². The molecule has 0 atom stereocenters. The summed E-state index contributed by atoms with van der Waals surface area (Å²) in [5, 5.41) is 0. The van der Waals surface area contributed by atoms with Crippen molar-refractivity contribution in [3.05, 3.63) is 0 Å². The Labute approximate surface area is 98.5 Å². The van der Waals surface area contributed by atoms with E-state index < -0.39 is 0 Å². The van der Waals surface area contributed by atoms with Crippen LogP contribution in [0.3, 0.4) is 0 Å². The topological polar surface area (TPSA) is 9.23 Å². The molecule has 0 unspecified atom stereocenters. The molecule has 0 aromatic carbocycles. The first-order chi connectivity index (χ1) is 2.77. The molecule has 4 heteroatoms. The van der Waals surface area contributed by atoms with Gasteiger partial charge in [0.2, 0.25) is 4.38 Å². The largest absolute Gasteiger partial charge is 0.479 e. The molecule has 0 heterocycles. The van der Waals surface area contributed by atoms with Crippen molar-refractivity contribution in [1.29, 1.82) is 0 Å². The first kappa shape index (κ1) is 11.6. The Bertz CT molecular complexity index is 61.2. The molecule has 39 valence electrons. The van der Waals surface area contributed by atoms with E-state index in [1.54, 1.807) is 0 Å². The van der Waals surface area contributed by atoms with Crippen LogP contribution >= 0.6 is 24.8 Å². The number of thiol groups is 1. The first-order valence-electron chi connectivity index (χ1n) is 1.63. The third-order valence-electron chi connectivity index (χ3n) is 0.268. The standard InChI is InChI=1S/C3H6OS2.K.H2/c1-2-4-3(5)6;;/h2H2,1H3,(H,5,6);;1H. The summed E-state index contributed by atoms with van der Waals surface area (Å²) < 4.78 is 4.95. The Hall–Kier alpha value is 1.88. The molecule has 0 saturated heterocycles. The summed E-state index contributed by atoms with van der Waals surface area (Å²) in [7, 11) is 0. The fourth-order valence-electron chi connectivity index (χ4n) is 0.123. The van der Waals surface area contributed by atoms with Gasteiger partial charge in [0.1, 0.15) is 0 Å². The molecule has 0 aliphatic carbocycles. The monoisotopic (exact) mass is 163 g/mol. The molecule has 0 aromatic rings. The van der Waals surface area contributed by atoms with Crippen molar-refractivity contribution in [2.75, 3.05) is 6.61 Å². The number of rotatable bonds is 1. The molecule has 0 amide bonds. The van der Waals surface area contributed by atoms with Gasteiger partial charge in [0.15, 0.2) is 0 Å². The fraction of sp³-hybridized carbons (Fsp3) is 0.667. The summed E-state index contributed by atoms with van der Waals surface area (Å²) >= 11 is 8.12. The number of ether oxygens (including phenoxy) is 1. The van der Waals surface area contributed by atoms with E-state index in [2.05, 4.69) is 29.6 Å². The molecule has 7 heavy (non-hydrogen) atoms. The maximum Gasteiger partial charge on any atom is 0.216 e. The van der Waals surface area contributed by atoms with E-state index >= 15 is 0 Å². The second-order valence-electron chi connectivity index (χ2n) is 0.699. The van der Waals surface area contributed by atoms with Crippen LogP contribution < -0.4 is 0 Å². The van der Waals surface area contributed by atoms with E-state index in [1.165, 1.54) is 0 Å². The van der Waals surface area contributed by atoms with Gasteiger partial charge in [-0.3, -0.25) is 0 Å². The average molecular weight is 163 g/mol. The summed E-state index contributed by atoms with van der Waals surface area (Å²) in [6, 6.07) is 0. The molecule has 0 aromatic heterocycles. The zero-order valence-corrected chi connectivity index (χ0v) is 9.30. The van der Waals surface area contributed by atoms with Crippen LogP contribution in [0.25, 0.3) is 0 Å². The Balaban J connectivity index is -0.000000125. The van der Waals surface area contributed by atoms with Crippen LogP contribution in [0.2, 0.25) is 0 Å². The van der Waals surface area contributed by atoms with Gasteiger partial charge in [-0.25, -0.2) is 0 Å². The SMILES string of the molecule is CCOC(=S)S.[HH].[K]. The Morgan fingerprint density at radius 2 is 2.43 bits per heavy atom. The third-order valence-corrected chi connectivity index (χ3v) is 0.515. The second-order valence-corrected chi connectivity index (χ2v) is 1.78. The molecule has 0 bridgehead atoms. The van der Waals surface area contributed by atoms with Crippen molar-refractivity contribution in [2.24, 2.45) is 0 Å². The van der Waals surface area contributed by atoms with Crippen molar-refractivity contribution in [2.45, 2.75) is 6.92 Å². The van der Waals surface area contributed by atoms with Crippen LogP contribution in [0, 0.1) is 0 Å². The van der Waals surface area contributed by atoms with Gasteiger partial charge in [-0.05, 0) is 19.1 Å². The molecular weight excluding hydrogens is 155 g/mol. The molecule has 0 N–H and O–H groups in total. The maximum absolute atomic E-state index is 4.64. The quantitative estimate of drug-likeness (QED) is 0.352. The zero-order valence-electron chi connectivity index (χ0n) is 4.47. The number of hydrogen-bond donors (Lipinski definition) is 1. The van der Waals surface area contributed by atoms with Crippen molar-refractivity contribution in [3.8, 4) is 0 Å². The van der Waals surface area contributed by atoms with Crippen LogP contribution in [-0.4, -0.2) is 62.4 Å². The average Bonchev–Trinajstić information content (AvgIpc) is 1.35. The van der Waals surface area contributed by atoms with Crippen LogP contribution in [0.1, 0.15) is 8.35 Å². The molecule has 0 aliphatic heterocycles. The Morgan fingerprint density at radius 3 is 2.43 bits per heavy atom. The number of thiocarbonyl (C=S) groups is 1. The van der Waals surface area contributed by atoms with Crippen molar-refractivity contribution < 1.29 is 6.16 Å². The zero-order chi connectivity index (χ0) is 4.99. The Morgan fingerprint density at radius 1 is 2.00 bits per heavy atom. The van der Waals surface area contributed by atoms with Crippen LogP contribution in [0.4, 0.5) is 0 Å². The van der Waals surface area contributed by atoms with E-state index in [4.69, 9.17) is 0 Å². The van der Waals surface area contributed by atoms with Gasteiger partial charge in [0, 0.05) is 52.8 Å². The van der Waals surface area contributed by atoms with Crippen LogP contribution in [0.5, 0.6) is 0 Å². The smallest absolute Gasteiger partial charge is 0.216 e. The van der Waals surface area contributed by atoms with E-state index in [9.17, 15) is 0 Å². The molecule has 0 fully saturated rings. The minimum Gasteiger partial charge on any atom is -0.479 e. The molecule has 1 radical (unpaired) electrons. The van der Waals surface area contributed by atoms with Gasteiger partial charge in [-0.2, -0.15) is 0 Å². The molecule has 0 rings (SSSR count). The van der Waals surface area contributed by atoms with Crippen molar-refractivity contribution in [1.82, 2.24) is 0 Å². The van der Waals surface area contributed by atoms with Crippen LogP contribution in [-0.2, 0) is 4.74 Å². The molecular formula is C3H8KOS2. The summed E-state index contributed by atoms with van der Waals surface area (Å²) in [5.74, 6) is 0. The third kappa shape index (κ3) is 11.4. The molecule has 1 nitrogen and oxygen atoms in total. The molecule has 0 spiro atoms. The Kier molecular flexibility index (Phi) is 13.1. The minimum absolute atomic E-state index is 0. The predicted octanol–water partition coefficient (Wildman–Crippen LogP) is 1.10. The van der Waals surface area contributed by atoms with Crippen molar-refractivity contribution >= 4 is 80.6 Å². The van der Waals surface area contributed by atoms with Gasteiger partial charge in [-0.1, -0.05) is 12.6 Å². The predicted molar refractivity (Wildman–Crippen MR) is 41.1 cm³/mol. The number of hydrogen-bond acceptors (Lipinski definition) is 2. The summed E-state index contributed by atoms with van der Waals surface area (Å²) in [4.78, 5) is 0. The fourth-order valence-corrected chi connectivity index (χ4v) is 0.370. The summed E-state index contributed by atoms with van der Waals surface area (Å²) in [6.07, 6.45) is 0. The van der Waals surface area contributed by atoms with Gasteiger partial charge < -0.3 is 4.74 Å². The van der Waals surface area contributed by atoms with Crippen LogP contribution in [0.15, 0.2) is 0 Å². The molecule has 0 aliphatic rings. The van der Waals surface area contributed by atoms with Gasteiger partial charge in [0.05, 0.1) is 6.61 Å². The normalized spacial score (nSPS) is 6.57. The van der Waals surface area contributed by atoms with Gasteiger partial charge >= 0.3 is 0 Å². The maximum atomic E-state index is 4.64. The van der Waals surface area contributed by atoms with Crippen molar-refractivity contribution in [3.63, 3.8) is 0 Å². The van der Waals surface area contributed by atoms with E-state index in [0.29, 0.717) is 11.0 Å².